The van der Waals surface area contributed by atoms with Crippen LogP contribution in [0.2, 0.25) is 0 Å². The number of hydrogen-bond acceptors (Lipinski definition) is 3. The summed E-state index contributed by atoms with van der Waals surface area (Å²) in [6, 6.07) is 10.0. The van der Waals surface area contributed by atoms with Crippen molar-refractivity contribution in [3.63, 3.8) is 0 Å². The van der Waals surface area contributed by atoms with Gasteiger partial charge in [0.05, 0.1) is 11.5 Å². The molecule has 17 heavy (non-hydrogen) atoms. The number of ether oxygens (including phenoxy) is 1. The fraction of sp³-hybridized carbons (Fsp3) is 0.214. The van der Waals surface area contributed by atoms with Crippen LogP contribution in [0.25, 0.3) is 10.4 Å². The van der Waals surface area contributed by atoms with Crippen LogP contribution in [0.4, 0.5) is 0 Å². The molecule has 0 spiro atoms. The molecule has 0 fully saturated rings. The third kappa shape index (κ3) is 1.76. The van der Waals surface area contributed by atoms with E-state index in [2.05, 4.69) is 6.07 Å². The number of Topliss-reactive ketones (excluding diaryl/α,β-unsaturated/α-hetero) is 1. The summed E-state index contributed by atoms with van der Waals surface area (Å²) in [7, 11) is 0. The number of carbonyl (C=O) groups excluding carboxylic acids is 1. The van der Waals surface area contributed by atoms with E-state index in [-0.39, 0.29) is 5.78 Å². The van der Waals surface area contributed by atoms with Crippen LogP contribution < -0.4 is 4.74 Å². The van der Waals surface area contributed by atoms with E-state index in [4.69, 9.17) is 4.74 Å². The van der Waals surface area contributed by atoms with Crippen molar-refractivity contribution in [2.24, 2.45) is 0 Å². The Morgan fingerprint density at radius 3 is 3.00 bits per heavy atom. The van der Waals surface area contributed by atoms with Gasteiger partial charge in [-0.25, -0.2) is 0 Å². The summed E-state index contributed by atoms with van der Waals surface area (Å²) in [6.07, 6.45) is 0.869. The molecule has 0 N–H and O–H groups in total. The maximum absolute atomic E-state index is 11.4. The summed E-state index contributed by atoms with van der Waals surface area (Å²) in [6.45, 7) is 2.30. The van der Waals surface area contributed by atoms with Crippen LogP contribution in [0, 0.1) is 0 Å². The molecule has 1 aromatic heterocycles. The van der Waals surface area contributed by atoms with Crippen LogP contribution in [0.3, 0.4) is 0 Å². The summed E-state index contributed by atoms with van der Waals surface area (Å²) >= 11 is 1.57. The zero-order valence-electron chi connectivity index (χ0n) is 9.53. The first-order valence-electron chi connectivity index (χ1n) is 5.61. The quantitative estimate of drug-likeness (QED) is 0.717. The van der Waals surface area contributed by atoms with Gasteiger partial charge in [-0.3, -0.25) is 4.79 Å². The first-order chi connectivity index (χ1) is 8.25. The van der Waals surface area contributed by atoms with Gasteiger partial charge < -0.3 is 4.74 Å². The molecule has 86 valence electrons. The summed E-state index contributed by atoms with van der Waals surface area (Å²) in [5, 5.41) is 0. The standard InChI is InChI=1S/C14H12O2S/c1-9(15)13-8-10-6-7-16-12-5-3-2-4-11(12)14(10)17-13/h2-5,8H,6-7H2,1H3. The Kier molecular flexibility index (Phi) is 2.48. The molecule has 0 atom stereocenters. The predicted octanol–water partition coefficient (Wildman–Crippen LogP) is 3.55. The molecule has 3 heteroatoms. The Balaban J connectivity index is 2.21. The van der Waals surface area contributed by atoms with E-state index >= 15 is 0 Å². The van der Waals surface area contributed by atoms with E-state index in [0.717, 1.165) is 22.6 Å². The maximum atomic E-state index is 11.4. The van der Waals surface area contributed by atoms with Gasteiger partial charge in [-0.2, -0.15) is 0 Å². The minimum absolute atomic E-state index is 0.140. The fourth-order valence-corrected chi connectivity index (χ4v) is 3.20. The van der Waals surface area contributed by atoms with E-state index in [9.17, 15) is 4.79 Å². The van der Waals surface area contributed by atoms with Gasteiger partial charge in [0.15, 0.2) is 5.78 Å². The van der Waals surface area contributed by atoms with E-state index in [1.54, 1.807) is 18.3 Å². The van der Waals surface area contributed by atoms with Crippen LogP contribution in [0.15, 0.2) is 30.3 Å². The van der Waals surface area contributed by atoms with Gasteiger partial charge in [0, 0.05) is 16.9 Å². The van der Waals surface area contributed by atoms with Crippen molar-refractivity contribution in [3.8, 4) is 16.2 Å². The van der Waals surface area contributed by atoms with Crippen molar-refractivity contribution in [1.82, 2.24) is 0 Å². The van der Waals surface area contributed by atoms with Crippen LogP contribution in [0.1, 0.15) is 22.2 Å². The molecule has 0 radical (unpaired) electrons. The summed E-state index contributed by atoms with van der Waals surface area (Å²) in [5.74, 6) is 1.06. The smallest absolute Gasteiger partial charge is 0.169 e. The Bertz CT molecular complexity index is 584. The van der Waals surface area contributed by atoms with Gasteiger partial charge in [-0.15, -0.1) is 11.3 Å². The Morgan fingerprint density at radius 1 is 1.35 bits per heavy atom. The van der Waals surface area contributed by atoms with Crippen molar-refractivity contribution < 1.29 is 9.53 Å². The second kappa shape index (κ2) is 4.00. The van der Waals surface area contributed by atoms with Gasteiger partial charge in [0.2, 0.25) is 0 Å². The molecule has 1 aromatic carbocycles. The molecule has 1 aliphatic heterocycles. The molecule has 0 bridgehead atoms. The number of thiophene rings is 1. The SMILES string of the molecule is CC(=O)c1cc2c(s1)-c1ccccc1OCC2. The molecule has 2 aromatic rings. The molecule has 0 amide bonds. The third-order valence-electron chi connectivity index (χ3n) is 2.92. The lowest BCUT2D eigenvalue weighted by Crippen LogP contribution is -1.98. The lowest BCUT2D eigenvalue weighted by atomic mass is 10.1. The molecule has 2 heterocycles. The van der Waals surface area contributed by atoms with Crippen LogP contribution in [0.5, 0.6) is 5.75 Å². The summed E-state index contributed by atoms with van der Waals surface area (Å²) in [4.78, 5) is 13.5. The van der Waals surface area contributed by atoms with Gasteiger partial charge in [0.25, 0.3) is 0 Å². The summed E-state index contributed by atoms with van der Waals surface area (Å²) in [5.41, 5.74) is 2.34. The van der Waals surface area contributed by atoms with Crippen molar-refractivity contribution in [3.05, 3.63) is 40.8 Å². The molecule has 1 aliphatic rings. The first kappa shape index (κ1) is 10.5. The number of carbonyl (C=O) groups is 1. The van der Waals surface area contributed by atoms with Crippen LogP contribution in [-0.2, 0) is 6.42 Å². The zero-order chi connectivity index (χ0) is 11.8. The van der Waals surface area contributed by atoms with E-state index in [1.165, 1.54) is 10.4 Å². The topological polar surface area (TPSA) is 26.3 Å². The van der Waals surface area contributed by atoms with Gasteiger partial charge in [-0.1, -0.05) is 12.1 Å². The Morgan fingerprint density at radius 2 is 2.18 bits per heavy atom. The molecule has 2 nitrogen and oxygen atoms in total. The van der Waals surface area contributed by atoms with Crippen molar-refractivity contribution in [2.75, 3.05) is 6.61 Å². The lowest BCUT2D eigenvalue weighted by molar-refractivity contribution is 0.102. The van der Waals surface area contributed by atoms with E-state index in [1.807, 2.05) is 24.3 Å². The number of ketones is 1. The molecule has 0 saturated carbocycles. The second-order valence-corrected chi connectivity index (χ2v) is 5.17. The molecule has 0 aliphatic carbocycles. The molecule has 0 unspecified atom stereocenters. The Hall–Kier alpha value is -1.61. The van der Waals surface area contributed by atoms with Crippen molar-refractivity contribution >= 4 is 17.1 Å². The lowest BCUT2D eigenvalue weighted by Gasteiger charge is -2.05. The first-order valence-corrected chi connectivity index (χ1v) is 6.43. The molecular weight excluding hydrogens is 232 g/mol. The third-order valence-corrected chi connectivity index (χ3v) is 4.23. The fourth-order valence-electron chi connectivity index (χ4n) is 2.07. The van der Waals surface area contributed by atoms with Gasteiger partial charge >= 0.3 is 0 Å². The number of hydrogen-bond donors (Lipinski definition) is 0. The van der Waals surface area contributed by atoms with E-state index in [0.29, 0.717) is 6.61 Å². The van der Waals surface area contributed by atoms with Crippen molar-refractivity contribution in [2.45, 2.75) is 13.3 Å². The minimum Gasteiger partial charge on any atom is -0.493 e. The molecule has 0 saturated heterocycles. The normalized spacial score (nSPS) is 13.2. The monoisotopic (exact) mass is 244 g/mol. The number of rotatable bonds is 1. The minimum atomic E-state index is 0.140. The molecule has 3 rings (SSSR count). The summed E-state index contributed by atoms with van der Waals surface area (Å²) < 4.78 is 5.71. The van der Waals surface area contributed by atoms with Crippen LogP contribution in [-0.4, -0.2) is 12.4 Å². The molecular formula is C14H12O2S. The zero-order valence-corrected chi connectivity index (χ0v) is 10.3. The maximum Gasteiger partial charge on any atom is 0.169 e. The van der Waals surface area contributed by atoms with E-state index < -0.39 is 0 Å². The average molecular weight is 244 g/mol. The average Bonchev–Trinajstić information content (AvgIpc) is 2.67. The number of fused-ring (bicyclic) bond motifs is 3. The highest BCUT2D eigenvalue weighted by Crippen LogP contribution is 2.40. The second-order valence-electron chi connectivity index (χ2n) is 4.12. The number of benzene rings is 1. The van der Waals surface area contributed by atoms with Gasteiger partial charge in [-0.05, 0) is 30.7 Å². The highest BCUT2D eigenvalue weighted by atomic mass is 32.1. The van der Waals surface area contributed by atoms with Crippen LogP contribution >= 0.6 is 11.3 Å². The highest BCUT2D eigenvalue weighted by molar-refractivity contribution is 7.17. The Labute approximate surface area is 104 Å². The number of para-hydroxylation sites is 1. The van der Waals surface area contributed by atoms with Gasteiger partial charge in [0.1, 0.15) is 5.75 Å². The highest BCUT2D eigenvalue weighted by Gasteiger charge is 2.19. The van der Waals surface area contributed by atoms with Crippen molar-refractivity contribution in [1.29, 1.82) is 0 Å². The largest absolute Gasteiger partial charge is 0.493 e. The predicted molar refractivity (Wildman–Crippen MR) is 69.0 cm³/mol.